The Morgan fingerprint density at radius 2 is 1.71 bits per heavy atom. The number of unbranched alkanes of at least 4 members (excludes halogenated alkanes) is 2. The lowest BCUT2D eigenvalue weighted by Gasteiger charge is -2.60. The number of hydrogen-bond acceptors (Lipinski definition) is 3. The quantitative estimate of drug-likeness (QED) is 0.595. The molecule has 3 heteroatoms. The Hall–Kier alpha value is -0.570. The third kappa shape index (κ3) is 2.65. The second-order valence-corrected chi connectivity index (χ2v) is 6.37. The fraction of sp³-hybridized carbons (Fsp3) is 0.929. The average molecular weight is 242 g/mol. The lowest BCUT2D eigenvalue weighted by atomic mass is 9.51. The van der Waals surface area contributed by atoms with Gasteiger partial charge in [0, 0.05) is 17.3 Å². The summed E-state index contributed by atoms with van der Waals surface area (Å²) in [7, 11) is 0. The second kappa shape index (κ2) is 4.97. The van der Waals surface area contributed by atoms with Crippen LogP contribution in [0.5, 0.6) is 0 Å². The first kappa shape index (κ1) is 14.5. The van der Waals surface area contributed by atoms with Gasteiger partial charge in [0.15, 0.2) is 0 Å². The highest BCUT2D eigenvalue weighted by Gasteiger charge is 2.63. The van der Waals surface area contributed by atoms with Gasteiger partial charge >= 0.3 is 5.97 Å². The number of aliphatic hydroxyl groups excluding tert-OH is 1. The normalized spacial score (nSPS) is 29.5. The third-order valence-corrected chi connectivity index (χ3v) is 3.99. The van der Waals surface area contributed by atoms with Crippen molar-refractivity contribution in [1.29, 1.82) is 0 Å². The first-order chi connectivity index (χ1) is 7.74. The van der Waals surface area contributed by atoms with Gasteiger partial charge in [0.2, 0.25) is 0 Å². The van der Waals surface area contributed by atoms with Crippen LogP contribution in [0.25, 0.3) is 0 Å². The lowest BCUT2D eigenvalue weighted by molar-refractivity contribution is -0.259. The predicted molar refractivity (Wildman–Crippen MR) is 67.6 cm³/mol. The van der Waals surface area contributed by atoms with Crippen molar-refractivity contribution in [3.63, 3.8) is 0 Å². The van der Waals surface area contributed by atoms with Crippen LogP contribution in [0.3, 0.4) is 0 Å². The van der Waals surface area contributed by atoms with Gasteiger partial charge < -0.3 is 9.84 Å². The van der Waals surface area contributed by atoms with Gasteiger partial charge in [-0.15, -0.1) is 0 Å². The summed E-state index contributed by atoms with van der Waals surface area (Å²) in [6, 6.07) is 0. The van der Waals surface area contributed by atoms with E-state index in [2.05, 4.69) is 6.92 Å². The molecule has 1 aliphatic rings. The minimum atomic E-state index is -0.413. The topological polar surface area (TPSA) is 46.5 Å². The van der Waals surface area contributed by atoms with Crippen molar-refractivity contribution in [1.82, 2.24) is 0 Å². The van der Waals surface area contributed by atoms with Crippen molar-refractivity contribution in [2.75, 3.05) is 0 Å². The van der Waals surface area contributed by atoms with E-state index in [1.165, 1.54) is 0 Å². The van der Waals surface area contributed by atoms with Crippen LogP contribution in [0, 0.1) is 10.8 Å². The zero-order chi connectivity index (χ0) is 13.3. The van der Waals surface area contributed by atoms with Crippen molar-refractivity contribution >= 4 is 5.97 Å². The number of carbonyl (C=O) groups is 1. The monoisotopic (exact) mass is 242 g/mol. The number of hydrogen-bond donors (Lipinski definition) is 1. The van der Waals surface area contributed by atoms with E-state index in [-0.39, 0.29) is 22.9 Å². The second-order valence-electron chi connectivity index (χ2n) is 6.37. The lowest BCUT2D eigenvalue weighted by Crippen LogP contribution is -2.68. The third-order valence-electron chi connectivity index (χ3n) is 3.99. The smallest absolute Gasteiger partial charge is 0.306 e. The first-order valence-electron chi connectivity index (χ1n) is 6.62. The molecule has 0 spiro atoms. The predicted octanol–water partition coefficient (Wildman–Crippen LogP) is 2.91. The molecule has 1 N–H and O–H groups in total. The van der Waals surface area contributed by atoms with Gasteiger partial charge in [-0.25, -0.2) is 0 Å². The van der Waals surface area contributed by atoms with E-state index >= 15 is 0 Å². The Kier molecular flexibility index (Phi) is 4.23. The number of aliphatic hydroxyl groups is 1. The molecular formula is C14H26O3. The largest absolute Gasteiger partial charge is 0.461 e. The Labute approximate surface area is 105 Å². The Balaban J connectivity index is 2.48. The maximum atomic E-state index is 11.7. The molecule has 100 valence electrons. The first-order valence-corrected chi connectivity index (χ1v) is 6.62. The van der Waals surface area contributed by atoms with Crippen molar-refractivity contribution in [2.24, 2.45) is 10.8 Å². The van der Waals surface area contributed by atoms with Crippen molar-refractivity contribution < 1.29 is 14.6 Å². The summed E-state index contributed by atoms with van der Waals surface area (Å²) in [5, 5.41) is 10.0. The minimum absolute atomic E-state index is 0.128. The molecule has 0 aromatic heterocycles. The number of rotatable bonds is 5. The van der Waals surface area contributed by atoms with Gasteiger partial charge in [0.1, 0.15) is 6.10 Å². The van der Waals surface area contributed by atoms with Gasteiger partial charge in [-0.05, 0) is 6.42 Å². The minimum Gasteiger partial charge on any atom is -0.461 e. The molecule has 0 radical (unpaired) electrons. The highest BCUT2D eigenvalue weighted by molar-refractivity contribution is 5.69. The summed E-state index contributed by atoms with van der Waals surface area (Å²) >= 11 is 0. The summed E-state index contributed by atoms with van der Waals surface area (Å²) in [5.41, 5.74) is -0.659. The van der Waals surface area contributed by atoms with Crippen LogP contribution in [-0.4, -0.2) is 23.3 Å². The Morgan fingerprint density at radius 3 is 2.18 bits per heavy atom. The van der Waals surface area contributed by atoms with E-state index in [1.807, 2.05) is 27.7 Å². The number of ether oxygens (including phenoxy) is 1. The van der Waals surface area contributed by atoms with Crippen LogP contribution in [0.2, 0.25) is 0 Å². The molecule has 0 bridgehead atoms. The van der Waals surface area contributed by atoms with E-state index in [0.717, 1.165) is 19.3 Å². The van der Waals surface area contributed by atoms with Gasteiger partial charge in [-0.3, -0.25) is 4.79 Å². The summed E-state index contributed by atoms with van der Waals surface area (Å²) in [6.45, 7) is 9.92. The molecule has 3 nitrogen and oxygen atoms in total. The van der Waals surface area contributed by atoms with Crippen molar-refractivity contribution in [3.05, 3.63) is 0 Å². The van der Waals surface area contributed by atoms with Crippen LogP contribution in [0.4, 0.5) is 0 Å². The fourth-order valence-electron chi connectivity index (χ4n) is 3.12. The van der Waals surface area contributed by atoms with Crippen LogP contribution >= 0.6 is 0 Å². The maximum absolute atomic E-state index is 11.7. The molecule has 0 aromatic rings. The summed E-state index contributed by atoms with van der Waals surface area (Å²) in [5.74, 6) is -0.128. The highest BCUT2D eigenvalue weighted by atomic mass is 16.5. The molecule has 1 fully saturated rings. The molecule has 1 rings (SSSR count). The van der Waals surface area contributed by atoms with Crippen molar-refractivity contribution in [3.8, 4) is 0 Å². The molecule has 0 unspecified atom stereocenters. The Morgan fingerprint density at radius 1 is 1.18 bits per heavy atom. The average Bonchev–Trinajstić information content (AvgIpc) is 2.25. The molecule has 0 amide bonds. The van der Waals surface area contributed by atoms with Gasteiger partial charge in [-0.1, -0.05) is 47.5 Å². The van der Waals surface area contributed by atoms with Crippen LogP contribution < -0.4 is 0 Å². The zero-order valence-electron chi connectivity index (χ0n) is 11.7. The molecule has 0 saturated heterocycles. The van der Waals surface area contributed by atoms with Crippen molar-refractivity contribution in [2.45, 2.75) is 72.5 Å². The van der Waals surface area contributed by atoms with E-state index in [0.29, 0.717) is 6.42 Å². The molecule has 17 heavy (non-hydrogen) atoms. The number of carbonyl (C=O) groups excluding carboxylic acids is 1. The van der Waals surface area contributed by atoms with Gasteiger partial charge in [0.05, 0.1) is 6.10 Å². The summed E-state index contributed by atoms with van der Waals surface area (Å²) in [4.78, 5) is 11.7. The summed E-state index contributed by atoms with van der Waals surface area (Å²) in [6.07, 6.45) is 2.96. The van der Waals surface area contributed by atoms with Gasteiger partial charge in [-0.2, -0.15) is 0 Å². The highest BCUT2D eigenvalue weighted by Crippen LogP contribution is 2.55. The molecule has 0 aromatic carbocycles. The molecule has 1 saturated carbocycles. The molecule has 0 aliphatic heterocycles. The number of esters is 1. The SMILES string of the molecule is CCCCCC(=O)OC1C(C)(C)C(O)C1(C)C. The van der Waals surface area contributed by atoms with E-state index in [4.69, 9.17) is 4.74 Å². The summed E-state index contributed by atoms with van der Waals surface area (Å²) < 4.78 is 5.53. The molecule has 0 heterocycles. The zero-order valence-corrected chi connectivity index (χ0v) is 11.7. The van der Waals surface area contributed by atoms with Crippen LogP contribution in [0.1, 0.15) is 60.3 Å². The molecular weight excluding hydrogens is 216 g/mol. The van der Waals surface area contributed by atoms with E-state index in [9.17, 15) is 9.90 Å². The fourth-order valence-corrected chi connectivity index (χ4v) is 3.12. The Bertz CT molecular complexity index is 265. The maximum Gasteiger partial charge on any atom is 0.306 e. The van der Waals surface area contributed by atoms with E-state index in [1.54, 1.807) is 0 Å². The molecule has 1 aliphatic carbocycles. The van der Waals surface area contributed by atoms with Crippen LogP contribution in [-0.2, 0) is 9.53 Å². The van der Waals surface area contributed by atoms with Crippen LogP contribution in [0.15, 0.2) is 0 Å². The van der Waals surface area contributed by atoms with E-state index < -0.39 is 6.10 Å². The van der Waals surface area contributed by atoms with Gasteiger partial charge in [0.25, 0.3) is 0 Å². The standard InChI is InChI=1S/C14H26O3/c1-6-7-8-9-10(15)17-12-13(2,3)11(16)14(12,4)5/h11-12,16H,6-9H2,1-5H3. The molecule has 0 atom stereocenters.